The van der Waals surface area contributed by atoms with E-state index in [1.165, 1.54) is 32.1 Å². The molecule has 0 aromatic rings. The number of fused-ring (bicyclic) bond motifs is 1. The van der Waals surface area contributed by atoms with Gasteiger partial charge in [-0.3, -0.25) is 4.90 Å². The number of hydrogen-bond acceptors (Lipinski definition) is 4. The topological polar surface area (TPSA) is 48.3 Å². The van der Waals surface area contributed by atoms with E-state index in [0.29, 0.717) is 18.1 Å². The van der Waals surface area contributed by atoms with Crippen LogP contribution in [0, 0.1) is 17.2 Å². The van der Waals surface area contributed by atoms with E-state index in [1.807, 2.05) is 7.05 Å². The van der Waals surface area contributed by atoms with Crippen LogP contribution in [-0.2, 0) is 4.74 Å². The highest BCUT2D eigenvalue weighted by molar-refractivity contribution is 5.17. The molecule has 0 aromatic carbocycles. The maximum absolute atomic E-state index is 9.59. The first-order chi connectivity index (χ1) is 8.79. The van der Waals surface area contributed by atoms with Crippen LogP contribution in [0.3, 0.4) is 0 Å². The molecule has 0 bridgehead atoms. The van der Waals surface area contributed by atoms with Crippen molar-refractivity contribution in [1.29, 1.82) is 5.26 Å². The van der Waals surface area contributed by atoms with E-state index in [4.69, 9.17) is 4.74 Å². The second kappa shape index (κ2) is 4.80. The van der Waals surface area contributed by atoms with Gasteiger partial charge in [-0.1, -0.05) is 0 Å². The maximum Gasteiger partial charge on any atom is 0.122 e. The first kappa shape index (κ1) is 12.4. The van der Waals surface area contributed by atoms with Crippen LogP contribution >= 0.6 is 0 Å². The van der Waals surface area contributed by atoms with E-state index in [9.17, 15) is 5.26 Å². The largest absolute Gasteiger partial charge is 0.375 e. The van der Waals surface area contributed by atoms with E-state index < -0.39 is 0 Å². The average Bonchev–Trinajstić information content (AvgIpc) is 3.14. The van der Waals surface area contributed by atoms with Crippen molar-refractivity contribution >= 4 is 0 Å². The summed E-state index contributed by atoms with van der Waals surface area (Å²) in [4.78, 5) is 2.51. The van der Waals surface area contributed by atoms with Crippen molar-refractivity contribution in [3.8, 4) is 6.07 Å². The minimum Gasteiger partial charge on any atom is -0.375 e. The number of likely N-dealkylation sites (N-methyl/N-ethyl adjacent to an activating group) is 1. The van der Waals surface area contributed by atoms with Gasteiger partial charge in [0.05, 0.1) is 18.8 Å². The molecule has 1 saturated heterocycles. The number of rotatable bonds is 4. The van der Waals surface area contributed by atoms with Gasteiger partial charge in [0.1, 0.15) is 5.54 Å². The van der Waals surface area contributed by atoms with Crippen molar-refractivity contribution in [3.05, 3.63) is 0 Å². The average molecular weight is 249 g/mol. The van der Waals surface area contributed by atoms with Gasteiger partial charge in [0.15, 0.2) is 0 Å². The van der Waals surface area contributed by atoms with Gasteiger partial charge in [-0.2, -0.15) is 5.26 Å². The Labute approximate surface area is 109 Å². The molecule has 0 aromatic heterocycles. The van der Waals surface area contributed by atoms with Crippen LogP contribution in [0.4, 0.5) is 0 Å². The van der Waals surface area contributed by atoms with Gasteiger partial charge >= 0.3 is 0 Å². The molecule has 2 aliphatic carbocycles. The summed E-state index contributed by atoms with van der Waals surface area (Å²) in [6, 6.07) is 3.12. The number of nitrogens with zero attached hydrogens (tertiary/aromatic N) is 2. The van der Waals surface area contributed by atoms with Crippen LogP contribution in [0.15, 0.2) is 0 Å². The normalized spacial score (nSPS) is 35.8. The van der Waals surface area contributed by atoms with E-state index in [-0.39, 0.29) is 5.54 Å². The van der Waals surface area contributed by atoms with Crippen molar-refractivity contribution in [1.82, 2.24) is 10.2 Å². The van der Waals surface area contributed by atoms with Gasteiger partial charge in [-0.15, -0.1) is 0 Å². The summed E-state index contributed by atoms with van der Waals surface area (Å²) < 4.78 is 5.85. The Morgan fingerprint density at radius 3 is 2.89 bits per heavy atom. The molecule has 18 heavy (non-hydrogen) atoms. The lowest BCUT2D eigenvalue weighted by molar-refractivity contribution is -0.0618. The quantitative estimate of drug-likeness (QED) is 0.811. The predicted molar refractivity (Wildman–Crippen MR) is 69.1 cm³/mol. The van der Waals surface area contributed by atoms with Gasteiger partial charge in [-0.25, -0.2) is 0 Å². The second-order valence-corrected chi connectivity index (χ2v) is 5.99. The van der Waals surface area contributed by atoms with Crippen molar-refractivity contribution in [2.24, 2.45) is 5.92 Å². The van der Waals surface area contributed by atoms with Crippen LogP contribution < -0.4 is 5.32 Å². The second-order valence-electron chi connectivity index (χ2n) is 5.99. The van der Waals surface area contributed by atoms with Crippen LogP contribution in [0.2, 0.25) is 0 Å². The minimum absolute atomic E-state index is 0.329. The third-order valence-electron chi connectivity index (χ3n) is 4.97. The fourth-order valence-electron chi connectivity index (χ4n) is 3.69. The summed E-state index contributed by atoms with van der Waals surface area (Å²) in [5.41, 5.74) is -0.329. The molecule has 3 rings (SSSR count). The molecule has 3 atom stereocenters. The molecule has 1 aliphatic heterocycles. The van der Waals surface area contributed by atoms with E-state index in [1.54, 1.807) is 0 Å². The Balaban J connectivity index is 1.72. The maximum atomic E-state index is 9.59. The number of nitriles is 1. The van der Waals surface area contributed by atoms with Crippen molar-refractivity contribution in [2.75, 3.05) is 26.7 Å². The van der Waals surface area contributed by atoms with Gasteiger partial charge in [-0.05, 0) is 45.1 Å². The Kier molecular flexibility index (Phi) is 3.31. The summed E-state index contributed by atoms with van der Waals surface area (Å²) in [6.07, 6.45) is 6.53. The predicted octanol–water partition coefficient (Wildman–Crippen LogP) is 1.13. The van der Waals surface area contributed by atoms with Gasteiger partial charge < -0.3 is 10.1 Å². The van der Waals surface area contributed by atoms with E-state index in [0.717, 1.165) is 19.7 Å². The molecule has 1 N–H and O–H groups in total. The third kappa shape index (κ3) is 2.05. The van der Waals surface area contributed by atoms with E-state index in [2.05, 4.69) is 16.3 Å². The Bertz CT molecular complexity index is 349. The zero-order valence-electron chi connectivity index (χ0n) is 11.2. The molecule has 0 amide bonds. The highest BCUT2D eigenvalue weighted by Gasteiger charge is 2.48. The van der Waals surface area contributed by atoms with Gasteiger partial charge in [0.2, 0.25) is 0 Å². The van der Waals surface area contributed by atoms with Crippen molar-refractivity contribution < 1.29 is 4.74 Å². The number of morpholine rings is 1. The number of nitrogens with one attached hydrogen (secondary N) is 1. The zero-order chi connectivity index (χ0) is 12.6. The Morgan fingerprint density at radius 1 is 1.39 bits per heavy atom. The lowest BCUT2D eigenvalue weighted by atomic mass is 9.93. The molecular formula is C14H23N3O. The monoisotopic (exact) mass is 249 g/mol. The molecule has 4 nitrogen and oxygen atoms in total. The fourth-order valence-corrected chi connectivity index (χ4v) is 3.69. The van der Waals surface area contributed by atoms with Gasteiger partial charge in [0, 0.05) is 19.1 Å². The number of hydrogen-bond donors (Lipinski definition) is 1. The summed E-state index contributed by atoms with van der Waals surface area (Å²) in [5.74, 6) is 0.551. The highest BCUT2D eigenvalue weighted by Crippen LogP contribution is 2.41. The summed E-state index contributed by atoms with van der Waals surface area (Å²) >= 11 is 0. The summed E-state index contributed by atoms with van der Waals surface area (Å²) in [5, 5.41) is 12.9. The van der Waals surface area contributed by atoms with Gasteiger partial charge in [0.25, 0.3) is 0 Å². The van der Waals surface area contributed by atoms with Crippen molar-refractivity contribution in [2.45, 2.75) is 49.8 Å². The van der Waals surface area contributed by atoms with E-state index >= 15 is 0 Å². The van der Waals surface area contributed by atoms with Crippen LogP contribution in [0.25, 0.3) is 0 Å². The molecule has 2 saturated carbocycles. The first-order valence-electron chi connectivity index (χ1n) is 7.25. The molecule has 3 aliphatic rings. The number of ether oxygens (including phenoxy) is 1. The molecule has 3 fully saturated rings. The summed E-state index contributed by atoms with van der Waals surface area (Å²) in [7, 11) is 1.94. The smallest absolute Gasteiger partial charge is 0.122 e. The van der Waals surface area contributed by atoms with Crippen LogP contribution in [-0.4, -0.2) is 49.3 Å². The van der Waals surface area contributed by atoms with Crippen LogP contribution in [0.1, 0.15) is 32.1 Å². The molecule has 4 heteroatoms. The first-order valence-corrected chi connectivity index (χ1v) is 7.25. The molecule has 100 valence electrons. The SMILES string of the molecule is CNC(C#N)(CN1CCOC2CCCC21)C1CC1. The minimum atomic E-state index is -0.329. The van der Waals surface area contributed by atoms with Crippen LogP contribution in [0.5, 0.6) is 0 Å². The third-order valence-corrected chi connectivity index (χ3v) is 4.97. The lowest BCUT2D eigenvalue weighted by Crippen LogP contribution is -2.59. The molecule has 1 heterocycles. The Morgan fingerprint density at radius 2 is 2.22 bits per heavy atom. The molecule has 0 spiro atoms. The zero-order valence-corrected chi connectivity index (χ0v) is 11.2. The molecule has 3 unspecified atom stereocenters. The summed E-state index contributed by atoms with van der Waals surface area (Å²) in [6.45, 7) is 2.69. The standard InChI is InChI=1S/C14H23N3O/c1-16-14(9-15,11-5-6-11)10-17-7-8-18-13-4-2-3-12(13)17/h11-13,16H,2-8,10H2,1H3. The fraction of sp³-hybridized carbons (Fsp3) is 0.929. The molecular weight excluding hydrogens is 226 g/mol. The molecule has 0 radical (unpaired) electrons. The highest BCUT2D eigenvalue weighted by atomic mass is 16.5. The Hall–Kier alpha value is -0.630. The lowest BCUT2D eigenvalue weighted by Gasteiger charge is -2.42. The van der Waals surface area contributed by atoms with Crippen molar-refractivity contribution in [3.63, 3.8) is 0 Å².